The first-order valence-corrected chi connectivity index (χ1v) is 8.95. The minimum Gasteiger partial charge on any atom is -0.456 e. The number of ether oxygens (including phenoxy) is 1. The van der Waals surface area contributed by atoms with Gasteiger partial charge in [-0.3, -0.25) is 0 Å². The number of hydrogen-bond acceptors (Lipinski definition) is 6. The van der Waals surface area contributed by atoms with Crippen molar-refractivity contribution in [2.45, 2.75) is 0 Å². The van der Waals surface area contributed by atoms with E-state index < -0.39 is 0 Å². The molecule has 0 atom stereocenters. The van der Waals surface area contributed by atoms with Crippen LogP contribution >= 0.6 is 0 Å². The van der Waals surface area contributed by atoms with E-state index >= 15 is 0 Å². The van der Waals surface area contributed by atoms with Gasteiger partial charge in [0.05, 0.1) is 24.6 Å². The lowest BCUT2D eigenvalue weighted by Crippen LogP contribution is -2.21. The Labute approximate surface area is 162 Å². The van der Waals surface area contributed by atoms with Gasteiger partial charge in [-0.05, 0) is 24.3 Å². The van der Waals surface area contributed by atoms with Crippen LogP contribution in [0.15, 0.2) is 79.5 Å². The standard InChI is InChI=1S/C21H18N6O/c1-25-9-10-26(15-25)16-5-4-6-17(11-16)28-18-12-20-19(23-13-18)14-24-27(20)21-7-2-3-8-22-21/h2-14H,15H2,1H3. The molecule has 5 rings (SSSR count). The SMILES string of the molecule is CN1C=CN(c2cccc(Oc3cnc4cnn(-c5ccccn5)c4c3)c2)C1. The highest BCUT2D eigenvalue weighted by Crippen LogP contribution is 2.29. The fourth-order valence-corrected chi connectivity index (χ4v) is 3.16. The minimum atomic E-state index is 0.649. The third kappa shape index (κ3) is 3.03. The molecule has 0 spiro atoms. The molecule has 0 saturated heterocycles. The Bertz CT molecular complexity index is 1150. The predicted molar refractivity (Wildman–Crippen MR) is 107 cm³/mol. The number of rotatable bonds is 4. The zero-order chi connectivity index (χ0) is 18.9. The highest BCUT2D eigenvalue weighted by Gasteiger charge is 2.12. The smallest absolute Gasteiger partial charge is 0.154 e. The molecule has 1 aromatic carbocycles. The first kappa shape index (κ1) is 16.3. The molecule has 7 nitrogen and oxygen atoms in total. The van der Waals surface area contributed by atoms with Crippen LogP contribution in [0.5, 0.6) is 11.5 Å². The van der Waals surface area contributed by atoms with Gasteiger partial charge in [-0.2, -0.15) is 5.10 Å². The summed E-state index contributed by atoms with van der Waals surface area (Å²) in [6.45, 7) is 0.820. The van der Waals surface area contributed by atoms with Crippen LogP contribution in [0.3, 0.4) is 0 Å². The monoisotopic (exact) mass is 370 g/mol. The summed E-state index contributed by atoms with van der Waals surface area (Å²) in [5, 5.41) is 4.40. The molecule has 0 aliphatic carbocycles. The zero-order valence-electron chi connectivity index (χ0n) is 15.3. The number of anilines is 1. The van der Waals surface area contributed by atoms with Gasteiger partial charge in [0.15, 0.2) is 5.82 Å². The third-order valence-electron chi connectivity index (χ3n) is 4.52. The van der Waals surface area contributed by atoms with Crippen LogP contribution < -0.4 is 9.64 Å². The van der Waals surface area contributed by atoms with Gasteiger partial charge in [0.2, 0.25) is 0 Å². The normalized spacial score (nSPS) is 13.5. The molecule has 3 aromatic heterocycles. The lowest BCUT2D eigenvalue weighted by Gasteiger charge is -2.18. The van der Waals surface area contributed by atoms with E-state index in [-0.39, 0.29) is 0 Å². The quantitative estimate of drug-likeness (QED) is 0.545. The van der Waals surface area contributed by atoms with Gasteiger partial charge in [-0.25, -0.2) is 14.6 Å². The van der Waals surface area contributed by atoms with Crippen LogP contribution in [0.25, 0.3) is 16.9 Å². The van der Waals surface area contributed by atoms with Gasteiger partial charge < -0.3 is 14.5 Å². The lowest BCUT2D eigenvalue weighted by molar-refractivity contribution is 0.479. The maximum Gasteiger partial charge on any atom is 0.154 e. The van der Waals surface area contributed by atoms with Crippen LogP contribution in [0, 0.1) is 0 Å². The molecule has 138 valence electrons. The van der Waals surface area contributed by atoms with Gasteiger partial charge >= 0.3 is 0 Å². The van der Waals surface area contributed by atoms with Crippen molar-refractivity contribution >= 4 is 16.7 Å². The molecule has 1 aliphatic heterocycles. The molecule has 4 heterocycles. The molecule has 0 fully saturated rings. The Morgan fingerprint density at radius 2 is 1.89 bits per heavy atom. The number of benzene rings is 1. The van der Waals surface area contributed by atoms with Crippen LogP contribution in [-0.4, -0.2) is 38.4 Å². The van der Waals surface area contributed by atoms with E-state index in [1.54, 1.807) is 23.3 Å². The van der Waals surface area contributed by atoms with Crippen LogP contribution in [0.4, 0.5) is 5.69 Å². The second kappa shape index (κ2) is 6.70. The largest absolute Gasteiger partial charge is 0.456 e. The topological polar surface area (TPSA) is 59.3 Å². The van der Waals surface area contributed by atoms with Gasteiger partial charge in [0.25, 0.3) is 0 Å². The average molecular weight is 370 g/mol. The summed E-state index contributed by atoms with van der Waals surface area (Å²) >= 11 is 0. The van der Waals surface area contributed by atoms with Crippen LogP contribution in [0.1, 0.15) is 0 Å². The van der Waals surface area contributed by atoms with E-state index in [2.05, 4.69) is 37.1 Å². The van der Waals surface area contributed by atoms with Crippen molar-refractivity contribution in [2.24, 2.45) is 0 Å². The van der Waals surface area contributed by atoms with Crippen molar-refractivity contribution < 1.29 is 4.74 Å². The van der Waals surface area contributed by atoms with Gasteiger partial charge in [-0.15, -0.1) is 0 Å². The van der Waals surface area contributed by atoms with Crippen molar-refractivity contribution in [3.05, 3.63) is 79.5 Å². The number of nitrogens with zero attached hydrogens (tertiary/aromatic N) is 6. The summed E-state index contributed by atoms with van der Waals surface area (Å²) in [4.78, 5) is 13.1. The maximum absolute atomic E-state index is 6.09. The highest BCUT2D eigenvalue weighted by atomic mass is 16.5. The average Bonchev–Trinajstić information content (AvgIpc) is 3.35. The summed E-state index contributed by atoms with van der Waals surface area (Å²) in [6.07, 6.45) is 9.28. The number of aromatic nitrogens is 4. The summed E-state index contributed by atoms with van der Waals surface area (Å²) in [5.41, 5.74) is 2.71. The fourth-order valence-electron chi connectivity index (χ4n) is 3.16. The van der Waals surface area contributed by atoms with E-state index in [9.17, 15) is 0 Å². The Kier molecular flexibility index (Phi) is 3.90. The first-order valence-electron chi connectivity index (χ1n) is 8.95. The molecule has 0 N–H and O–H groups in total. The Morgan fingerprint density at radius 3 is 2.71 bits per heavy atom. The molecule has 7 heteroatoms. The molecule has 0 unspecified atom stereocenters. The van der Waals surface area contributed by atoms with Crippen molar-refractivity contribution in [1.29, 1.82) is 0 Å². The summed E-state index contributed by atoms with van der Waals surface area (Å²) in [5.74, 6) is 2.14. The molecular weight excluding hydrogens is 352 g/mol. The van der Waals surface area contributed by atoms with E-state index in [4.69, 9.17) is 4.74 Å². The molecule has 28 heavy (non-hydrogen) atoms. The highest BCUT2D eigenvalue weighted by molar-refractivity contribution is 5.77. The van der Waals surface area contributed by atoms with Gasteiger partial charge in [0.1, 0.15) is 17.0 Å². The first-order chi connectivity index (χ1) is 13.8. The van der Waals surface area contributed by atoms with E-state index in [1.807, 2.05) is 55.7 Å². The molecule has 0 saturated carbocycles. The van der Waals surface area contributed by atoms with E-state index in [0.717, 1.165) is 35.0 Å². The van der Waals surface area contributed by atoms with Crippen molar-refractivity contribution in [1.82, 2.24) is 24.6 Å². The van der Waals surface area contributed by atoms with Crippen molar-refractivity contribution in [3.63, 3.8) is 0 Å². The molecular formula is C21H18N6O. The van der Waals surface area contributed by atoms with Gasteiger partial charge in [-0.1, -0.05) is 12.1 Å². The van der Waals surface area contributed by atoms with Crippen molar-refractivity contribution in [3.8, 4) is 17.3 Å². The minimum absolute atomic E-state index is 0.649. The Hall–Kier alpha value is -3.87. The molecule has 1 aliphatic rings. The van der Waals surface area contributed by atoms with Crippen molar-refractivity contribution in [2.75, 3.05) is 18.6 Å². The molecule has 0 bridgehead atoms. The maximum atomic E-state index is 6.09. The Balaban J connectivity index is 1.45. The second-order valence-corrected chi connectivity index (χ2v) is 6.59. The predicted octanol–water partition coefficient (Wildman–Crippen LogP) is 3.79. The van der Waals surface area contributed by atoms with E-state index in [1.165, 1.54) is 0 Å². The fraction of sp³-hybridized carbons (Fsp3) is 0.0952. The number of hydrogen-bond donors (Lipinski definition) is 0. The molecule has 0 radical (unpaired) electrons. The van der Waals surface area contributed by atoms with Crippen LogP contribution in [-0.2, 0) is 0 Å². The third-order valence-corrected chi connectivity index (χ3v) is 4.52. The summed E-state index contributed by atoms with van der Waals surface area (Å²) in [7, 11) is 2.04. The molecule has 0 amide bonds. The second-order valence-electron chi connectivity index (χ2n) is 6.59. The van der Waals surface area contributed by atoms with Gasteiger partial charge in [0, 0.05) is 43.5 Å². The number of fused-ring (bicyclic) bond motifs is 1. The molecule has 4 aromatic rings. The van der Waals surface area contributed by atoms with E-state index in [0.29, 0.717) is 5.75 Å². The summed E-state index contributed by atoms with van der Waals surface area (Å²) in [6, 6.07) is 15.7. The number of pyridine rings is 2. The summed E-state index contributed by atoms with van der Waals surface area (Å²) < 4.78 is 7.85. The Morgan fingerprint density at radius 1 is 0.929 bits per heavy atom. The van der Waals surface area contributed by atoms with Crippen LogP contribution in [0.2, 0.25) is 0 Å². The lowest BCUT2D eigenvalue weighted by atomic mass is 10.3. The zero-order valence-corrected chi connectivity index (χ0v) is 15.3.